The highest BCUT2D eigenvalue weighted by molar-refractivity contribution is 7.13. The van der Waals surface area contributed by atoms with Crippen LogP contribution in [0.2, 0.25) is 0 Å². The van der Waals surface area contributed by atoms with Gasteiger partial charge in [0.05, 0.1) is 12.3 Å². The van der Waals surface area contributed by atoms with Crippen LogP contribution < -0.4 is 10.1 Å². The van der Waals surface area contributed by atoms with Gasteiger partial charge in [0, 0.05) is 17.5 Å². The Bertz CT molecular complexity index is 520. The van der Waals surface area contributed by atoms with Crippen LogP contribution in [0.1, 0.15) is 26.5 Å². The minimum atomic E-state index is 0.666. The maximum absolute atomic E-state index is 5.45. The zero-order valence-electron chi connectivity index (χ0n) is 12.3. The first kappa shape index (κ1) is 15.0. The molecule has 2 aromatic rings. The summed E-state index contributed by atoms with van der Waals surface area (Å²) in [5, 5.41) is 6.60. The molecule has 0 fully saturated rings. The van der Waals surface area contributed by atoms with Gasteiger partial charge in [-0.05, 0) is 43.7 Å². The molecule has 0 amide bonds. The van der Waals surface area contributed by atoms with E-state index in [2.05, 4.69) is 41.7 Å². The van der Waals surface area contributed by atoms with Crippen LogP contribution in [0.25, 0.3) is 10.6 Å². The second kappa shape index (κ2) is 7.41. The Morgan fingerprint density at radius 2 is 2.00 bits per heavy atom. The molecule has 0 atom stereocenters. The Hall–Kier alpha value is -1.39. The predicted molar refractivity (Wildman–Crippen MR) is 85.3 cm³/mol. The smallest absolute Gasteiger partial charge is 0.123 e. The molecule has 4 heteroatoms. The summed E-state index contributed by atoms with van der Waals surface area (Å²) in [5.74, 6) is 1.57. The van der Waals surface area contributed by atoms with E-state index in [0.717, 1.165) is 35.1 Å². The molecule has 2 rings (SSSR count). The molecular weight excluding hydrogens is 268 g/mol. The van der Waals surface area contributed by atoms with Crippen LogP contribution in [0.5, 0.6) is 5.75 Å². The van der Waals surface area contributed by atoms with Gasteiger partial charge in [-0.1, -0.05) is 13.8 Å². The van der Waals surface area contributed by atoms with Crippen molar-refractivity contribution in [2.75, 3.05) is 13.2 Å². The molecule has 20 heavy (non-hydrogen) atoms. The van der Waals surface area contributed by atoms with Crippen molar-refractivity contribution in [2.24, 2.45) is 5.92 Å². The molecule has 0 aliphatic carbocycles. The molecule has 1 heterocycles. The van der Waals surface area contributed by atoms with Crippen molar-refractivity contribution >= 4 is 11.3 Å². The Balaban J connectivity index is 1.97. The summed E-state index contributed by atoms with van der Waals surface area (Å²) >= 11 is 1.69. The molecule has 3 nitrogen and oxygen atoms in total. The maximum Gasteiger partial charge on any atom is 0.123 e. The molecule has 1 aromatic carbocycles. The molecule has 0 radical (unpaired) electrons. The number of hydrogen-bond donors (Lipinski definition) is 1. The van der Waals surface area contributed by atoms with E-state index in [9.17, 15) is 0 Å². The van der Waals surface area contributed by atoms with Crippen LogP contribution in [0.4, 0.5) is 0 Å². The third kappa shape index (κ3) is 4.32. The van der Waals surface area contributed by atoms with Gasteiger partial charge in [-0.25, -0.2) is 4.98 Å². The maximum atomic E-state index is 5.45. The largest absolute Gasteiger partial charge is 0.494 e. The summed E-state index contributed by atoms with van der Waals surface area (Å²) in [4.78, 5) is 4.67. The molecule has 0 aliphatic rings. The van der Waals surface area contributed by atoms with E-state index in [0.29, 0.717) is 12.5 Å². The number of hydrogen-bond acceptors (Lipinski definition) is 4. The highest BCUT2D eigenvalue weighted by atomic mass is 32.1. The van der Waals surface area contributed by atoms with Crippen molar-refractivity contribution in [3.63, 3.8) is 0 Å². The minimum Gasteiger partial charge on any atom is -0.494 e. The summed E-state index contributed by atoms with van der Waals surface area (Å²) in [6.07, 6.45) is 0. The van der Waals surface area contributed by atoms with Gasteiger partial charge in [-0.3, -0.25) is 0 Å². The Labute approximate surface area is 125 Å². The quantitative estimate of drug-likeness (QED) is 0.838. The van der Waals surface area contributed by atoms with Crippen molar-refractivity contribution in [2.45, 2.75) is 27.3 Å². The number of thiazole rings is 1. The zero-order chi connectivity index (χ0) is 14.4. The fraction of sp³-hybridized carbons (Fsp3) is 0.438. The minimum absolute atomic E-state index is 0.666. The van der Waals surface area contributed by atoms with Crippen LogP contribution >= 0.6 is 11.3 Å². The lowest BCUT2D eigenvalue weighted by Crippen LogP contribution is -2.19. The molecule has 1 N–H and O–H groups in total. The number of rotatable bonds is 7. The van der Waals surface area contributed by atoms with E-state index in [4.69, 9.17) is 4.74 Å². The standard InChI is InChI=1S/C16H22N2OS/c1-4-19-15-7-5-13(6-8-15)16-18-14(11-20-16)10-17-9-12(2)3/h5-8,11-12,17H,4,9-10H2,1-3H3. The van der Waals surface area contributed by atoms with E-state index in [1.807, 2.05) is 19.1 Å². The molecule has 0 saturated heterocycles. The molecule has 0 unspecified atom stereocenters. The summed E-state index contributed by atoms with van der Waals surface area (Å²) in [6.45, 7) is 8.97. The van der Waals surface area contributed by atoms with Crippen LogP contribution in [-0.4, -0.2) is 18.1 Å². The molecule has 0 aliphatic heterocycles. The van der Waals surface area contributed by atoms with Crippen molar-refractivity contribution < 1.29 is 4.74 Å². The van der Waals surface area contributed by atoms with Gasteiger partial charge < -0.3 is 10.1 Å². The highest BCUT2D eigenvalue weighted by Crippen LogP contribution is 2.25. The van der Waals surface area contributed by atoms with Crippen molar-refractivity contribution in [3.8, 4) is 16.3 Å². The van der Waals surface area contributed by atoms with Crippen molar-refractivity contribution in [1.29, 1.82) is 0 Å². The van der Waals surface area contributed by atoms with Gasteiger partial charge in [-0.2, -0.15) is 0 Å². The monoisotopic (exact) mass is 290 g/mol. The number of ether oxygens (including phenoxy) is 1. The predicted octanol–water partition coefficient (Wildman–Crippen LogP) is 3.95. The molecule has 108 valence electrons. The Kier molecular flexibility index (Phi) is 5.56. The number of aromatic nitrogens is 1. The second-order valence-electron chi connectivity index (χ2n) is 5.13. The average molecular weight is 290 g/mol. The van der Waals surface area contributed by atoms with E-state index in [-0.39, 0.29) is 0 Å². The summed E-state index contributed by atoms with van der Waals surface area (Å²) < 4.78 is 5.45. The third-order valence-corrected chi connectivity index (χ3v) is 3.76. The lowest BCUT2D eigenvalue weighted by Gasteiger charge is -2.05. The molecule has 0 bridgehead atoms. The summed E-state index contributed by atoms with van der Waals surface area (Å²) in [6, 6.07) is 8.12. The van der Waals surface area contributed by atoms with E-state index < -0.39 is 0 Å². The lowest BCUT2D eigenvalue weighted by atomic mass is 10.2. The van der Waals surface area contributed by atoms with Crippen LogP contribution in [-0.2, 0) is 6.54 Å². The van der Waals surface area contributed by atoms with Gasteiger partial charge >= 0.3 is 0 Å². The Morgan fingerprint density at radius 3 is 2.65 bits per heavy atom. The SMILES string of the molecule is CCOc1ccc(-c2nc(CNCC(C)C)cs2)cc1. The number of nitrogens with zero attached hydrogens (tertiary/aromatic N) is 1. The van der Waals surface area contributed by atoms with Crippen LogP contribution in [0.3, 0.4) is 0 Å². The van der Waals surface area contributed by atoms with Gasteiger partial charge in [0.2, 0.25) is 0 Å². The van der Waals surface area contributed by atoms with Crippen LogP contribution in [0.15, 0.2) is 29.6 Å². The first-order valence-corrected chi connectivity index (χ1v) is 7.95. The van der Waals surface area contributed by atoms with Crippen molar-refractivity contribution in [1.82, 2.24) is 10.3 Å². The topological polar surface area (TPSA) is 34.1 Å². The number of nitrogens with one attached hydrogen (secondary N) is 1. The van der Waals surface area contributed by atoms with Gasteiger partial charge in [-0.15, -0.1) is 11.3 Å². The fourth-order valence-corrected chi connectivity index (χ4v) is 2.70. The summed E-state index contributed by atoms with van der Waals surface area (Å²) in [5.41, 5.74) is 2.26. The fourth-order valence-electron chi connectivity index (χ4n) is 1.87. The van der Waals surface area contributed by atoms with Gasteiger partial charge in [0.15, 0.2) is 0 Å². The number of benzene rings is 1. The normalized spacial score (nSPS) is 11.0. The summed E-state index contributed by atoms with van der Waals surface area (Å²) in [7, 11) is 0. The average Bonchev–Trinajstić information content (AvgIpc) is 2.88. The first-order valence-electron chi connectivity index (χ1n) is 7.07. The van der Waals surface area contributed by atoms with Gasteiger partial charge in [0.25, 0.3) is 0 Å². The molecule has 1 aromatic heterocycles. The van der Waals surface area contributed by atoms with E-state index >= 15 is 0 Å². The van der Waals surface area contributed by atoms with Crippen LogP contribution in [0, 0.1) is 5.92 Å². The highest BCUT2D eigenvalue weighted by Gasteiger charge is 2.05. The molecular formula is C16H22N2OS. The lowest BCUT2D eigenvalue weighted by molar-refractivity contribution is 0.340. The zero-order valence-corrected chi connectivity index (χ0v) is 13.2. The third-order valence-electron chi connectivity index (χ3n) is 2.82. The second-order valence-corrected chi connectivity index (χ2v) is 5.98. The van der Waals surface area contributed by atoms with E-state index in [1.165, 1.54) is 0 Å². The Morgan fingerprint density at radius 1 is 1.25 bits per heavy atom. The molecule has 0 saturated carbocycles. The van der Waals surface area contributed by atoms with Crippen molar-refractivity contribution in [3.05, 3.63) is 35.3 Å². The first-order chi connectivity index (χ1) is 9.69. The van der Waals surface area contributed by atoms with Gasteiger partial charge in [0.1, 0.15) is 10.8 Å². The van der Waals surface area contributed by atoms with E-state index in [1.54, 1.807) is 11.3 Å². The molecule has 0 spiro atoms.